The third-order valence-corrected chi connectivity index (χ3v) is 5.06. The van der Waals surface area contributed by atoms with Gasteiger partial charge < -0.3 is 15.1 Å². The maximum Gasteiger partial charge on any atom is 0.246 e. The van der Waals surface area contributed by atoms with Gasteiger partial charge in [-0.1, -0.05) is 6.92 Å². The molecule has 112 valence electrons. The molecular formula is C15H25N3O2. The fourth-order valence-electron chi connectivity index (χ4n) is 3.47. The second-order valence-electron chi connectivity index (χ2n) is 6.54. The lowest BCUT2D eigenvalue weighted by atomic mass is 10.0. The predicted molar refractivity (Wildman–Crippen MR) is 76.1 cm³/mol. The first-order valence-corrected chi connectivity index (χ1v) is 7.93. The van der Waals surface area contributed by atoms with Crippen molar-refractivity contribution in [2.24, 2.45) is 11.8 Å². The van der Waals surface area contributed by atoms with Gasteiger partial charge in [-0.2, -0.15) is 0 Å². The molecule has 0 aromatic rings. The number of piperazine rings is 1. The molecule has 2 aliphatic heterocycles. The third kappa shape index (κ3) is 2.55. The minimum atomic E-state index is -0.312. The van der Waals surface area contributed by atoms with Crippen LogP contribution in [-0.2, 0) is 9.59 Å². The average molecular weight is 279 g/mol. The van der Waals surface area contributed by atoms with Gasteiger partial charge in [0.2, 0.25) is 11.8 Å². The molecule has 5 heteroatoms. The number of nitrogens with zero attached hydrogens (tertiary/aromatic N) is 2. The van der Waals surface area contributed by atoms with Gasteiger partial charge >= 0.3 is 0 Å². The largest absolute Gasteiger partial charge is 0.342 e. The Morgan fingerprint density at radius 2 is 2.00 bits per heavy atom. The quantitative estimate of drug-likeness (QED) is 0.813. The number of likely N-dealkylation sites (tertiary alicyclic amines) is 1. The second kappa shape index (κ2) is 5.35. The van der Waals surface area contributed by atoms with Gasteiger partial charge in [-0.3, -0.25) is 9.59 Å². The van der Waals surface area contributed by atoms with Crippen LogP contribution in [0.2, 0.25) is 0 Å². The summed E-state index contributed by atoms with van der Waals surface area (Å²) in [5.41, 5.74) is 0. The van der Waals surface area contributed by atoms with E-state index in [1.54, 1.807) is 0 Å². The summed E-state index contributed by atoms with van der Waals surface area (Å²) in [4.78, 5) is 28.9. The van der Waals surface area contributed by atoms with Crippen LogP contribution in [0, 0.1) is 11.8 Å². The lowest BCUT2D eigenvalue weighted by molar-refractivity contribution is -0.149. The highest BCUT2D eigenvalue weighted by atomic mass is 16.2. The normalized spacial score (nSPS) is 35.5. The van der Waals surface area contributed by atoms with Crippen LogP contribution in [0.1, 0.15) is 33.1 Å². The van der Waals surface area contributed by atoms with Gasteiger partial charge in [0.15, 0.2) is 0 Å². The minimum Gasteiger partial charge on any atom is -0.342 e. The van der Waals surface area contributed by atoms with Crippen LogP contribution in [-0.4, -0.2) is 59.9 Å². The minimum absolute atomic E-state index is 0.0202. The average Bonchev–Trinajstić information content (AvgIpc) is 3.18. The Bertz CT molecular complexity index is 408. The van der Waals surface area contributed by atoms with Gasteiger partial charge in [-0.25, -0.2) is 0 Å². The first kappa shape index (κ1) is 13.9. The molecule has 1 N–H and O–H groups in total. The van der Waals surface area contributed by atoms with Crippen molar-refractivity contribution in [3.8, 4) is 0 Å². The summed E-state index contributed by atoms with van der Waals surface area (Å²) in [7, 11) is 0. The third-order valence-electron chi connectivity index (χ3n) is 5.06. The van der Waals surface area contributed by atoms with Crippen LogP contribution >= 0.6 is 0 Å². The van der Waals surface area contributed by atoms with E-state index in [1.165, 1.54) is 0 Å². The summed E-state index contributed by atoms with van der Waals surface area (Å²) in [6.45, 7) is 8.02. The predicted octanol–water partition coefficient (Wildman–Crippen LogP) is 0.454. The molecule has 3 atom stereocenters. The molecule has 0 bridgehead atoms. The van der Waals surface area contributed by atoms with Gasteiger partial charge in [0.05, 0.1) is 0 Å². The summed E-state index contributed by atoms with van der Waals surface area (Å²) in [6, 6.07) is -0.560. The van der Waals surface area contributed by atoms with E-state index in [0.717, 1.165) is 45.4 Å². The molecular weight excluding hydrogens is 254 g/mol. The summed E-state index contributed by atoms with van der Waals surface area (Å²) in [5, 5.41) is 2.91. The zero-order valence-electron chi connectivity index (χ0n) is 12.5. The number of hydrogen-bond donors (Lipinski definition) is 1. The summed E-state index contributed by atoms with van der Waals surface area (Å²) in [5.74, 6) is 1.07. The van der Waals surface area contributed by atoms with Crippen molar-refractivity contribution in [2.45, 2.75) is 45.2 Å². The number of hydrogen-bond acceptors (Lipinski definition) is 3. The Morgan fingerprint density at radius 3 is 2.60 bits per heavy atom. The van der Waals surface area contributed by atoms with E-state index in [0.29, 0.717) is 11.8 Å². The Morgan fingerprint density at radius 1 is 1.25 bits per heavy atom. The van der Waals surface area contributed by atoms with E-state index < -0.39 is 0 Å². The number of carbonyl (C=O) groups excluding carboxylic acids is 2. The van der Waals surface area contributed by atoms with Crippen LogP contribution in [0.5, 0.6) is 0 Å². The van der Waals surface area contributed by atoms with Crippen molar-refractivity contribution < 1.29 is 9.59 Å². The van der Waals surface area contributed by atoms with E-state index >= 15 is 0 Å². The molecule has 2 amide bonds. The summed E-state index contributed by atoms with van der Waals surface area (Å²) < 4.78 is 0. The number of carbonyl (C=O) groups is 2. The van der Waals surface area contributed by atoms with E-state index in [4.69, 9.17) is 0 Å². The maximum absolute atomic E-state index is 12.6. The molecule has 2 saturated heterocycles. The lowest BCUT2D eigenvalue weighted by Gasteiger charge is -2.38. The Labute approximate surface area is 120 Å². The lowest BCUT2D eigenvalue weighted by Crippen LogP contribution is -2.63. The topological polar surface area (TPSA) is 52.6 Å². The van der Waals surface area contributed by atoms with Crippen molar-refractivity contribution >= 4 is 11.8 Å². The smallest absolute Gasteiger partial charge is 0.246 e. The van der Waals surface area contributed by atoms with Gasteiger partial charge in [-0.15, -0.1) is 0 Å². The Balaban J connectivity index is 1.66. The molecule has 2 heterocycles. The number of rotatable bonds is 4. The molecule has 0 aromatic carbocycles. The highest BCUT2D eigenvalue weighted by Gasteiger charge is 2.46. The standard InChI is InChI=1S/C15H25N3O2/c1-3-17-7-6-11(8-17)9-18-10(2)14(19)16-13(15(18)20)12-4-5-12/h10-13H,3-9H2,1-2H3,(H,16,19). The van der Waals surface area contributed by atoms with E-state index in [1.807, 2.05) is 11.8 Å². The Kier molecular flexibility index (Phi) is 3.71. The highest BCUT2D eigenvalue weighted by Crippen LogP contribution is 2.35. The molecule has 3 fully saturated rings. The summed E-state index contributed by atoms with van der Waals surface area (Å²) >= 11 is 0. The van der Waals surface area contributed by atoms with Gasteiger partial charge in [0, 0.05) is 13.1 Å². The molecule has 20 heavy (non-hydrogen) atoms. The molecule has 5 nitrogen and oxygen atoms in total. The first-order chi connectivity index (χ1) is 9.60. The van der Waals surface area contributed by atoms with Crippen LogP contribution in [0.25, 0.3) is 0 Å². The first-order valence-electron chi connectivity index (χ1n) is 7.93. The van der Waals surface area contributed by atoms with Crippen LogP contribution in [0.4, 0.5) is 0 Å². The van der Waals surface area contributed by atoms with E-state index in [9.17, 15) is 9.59 Å². The SMILES string of the molecule is CCN1CCC(CN2C(=O)C(C3CC3)NC(=O)C2C)C1. The molecule has 0 spiro atoms. The molecule has 0 radical (unpaired) electrons. The molecule has 1 aliphatic carbocycles. The van der Waals surface area contributed by atoms with Crippen molar-refractivity contribution in [2.75, 3.05) is 26.2 Å². The highest BCUT2D eigenvalue weighted by molar-refractivity contribution is 5.97. The van der Waals surface area contributed by atoms with Crippen LogP contribution in [0.3, 0.4) is 0 Å². The Hall–Kier alpha value is -1.10. The van der Waals surface area contributed by atoms with Crippen molar-refractivity contribution in [1.29, 1.82) is 0 Å². The summed E-state index contributed by atoms with van der Waals surface area (Å²) in [6.07, 6.45) is 3.29. The molecule has 3 aliphatic rings. The van der Waals surface area contributed by atoms with Gasteiger partial charge in [-0.05, 0) is 51.1 Å². The fourth-order valence-corrected chi connectivity index (χ4v) is 3.47. The van der Waals surface area contributed by atoms with Gasteiger partial charge in [0.25, 0.3) is 0 Å². The second-order valence-corrected chi connectivity index (χ2v) is 6.54. The maximum atomic E-state index is 12.6. The van der Waals surface area contributed by atoms with Crippen LogP contribution < -0.4 is 5.32 Å². The van der Waals surface area contributed by atoms with Crippen molar-refractivity contribution in [1.82, 2.24) is 15.1 Å². The molecule has 3 rings (SSSR count). The van der Waals surface area contributed by atoms with E-state index in [2.05, 4.69) is 17.1 Å². The van der Waals surface area contributed by atoms with Crippen molar-refractivity contribution in [3.05, 3.63) is 0 Å². The molecule has 3 unspecified atom stereocenters. The van der Waals surface area contributed by atoms with Gasteiger partial charge in [0.1, 0.15) is 12.1 Å². The van der Waals surface area contributed by atoms with Crippen molar-refractivity contribution in [3.63, 3.8) is 0 Å². The fraction of sp³-hybridized carbons (Fsp3) is 0.867. The monoisotopic (exact) mass is 279 g/mol. The van der Waals surface area contributed by atoms with Crippen LogP contribution in [0.15, 0.2) is 0 Å². The number of amides is 2. The van der Waals surface area contributed by atoms with E-state index in [-0.39, 0.29) is 23.9 Å². The molecule has 1 saturated carbocycles. The molecule has 0 aromatic heterocycles. The zero-order valence-corrected chi connectivity index (χ0v) is 12.5. The number of nitrogens with one attached hydrogen (secondary N) is 1. The zero-order chi connectivity index (χ0) is 14.3.